The highest BCUT2D eigenvalue weighted by molar-refractivity contribution is 6.06. The van der Waals surface area contributed by atoms with Gasteiger partial charge in [0, 0.05) is 17.7 Å². The Hall–Kier alpha value is -3.02. The number of carboxylic acids is 1. The zero-order chi connectivity index (χ0) is 19.6. The van der Waals surface area contributed by atoms with Gasteiger partial charge in [0.15, 0.2) is 11.5 Å². The summed E-state index contributed by atoms with van der Waals surface area (Å²) in [7, 11) is 4.74. The Balaban J connectivity index is 2.06. The van der Waals surface area contributed by atoms with Crippen LogP contribution in [0.1, 0.15) is 28.2 Å². The number of carboxylic acid groups (broad SMARTS) is 1. The third-order valence-electron chi connectivity index (χ3n) is 4.72. The van der Waals surface area contributed by atoms with Crippen molar-refractivity contribution < 1.29 is 24.1 Å². The van der Waals surface area contributed by atoms with E-state index in [0.29, 0.717) is 23.5 Å². The monoisotopic (exact) mass is 369 g/mol. The van der Waals surface area contributed by atoms with E-state index in [4.69, 9.17) is 14.2 Å². The molecule has 0 saturated heterocycles. The molecule has 2 aromatic carbocycles. The Morgan fingerprint density at radius 3 is 2.41 bits per heavy atom. The van der Waals surface area contributed by atoms with Crippen LogP contribution in [0.25, 0.3) is 0 Å². The van der Waals surface area contributed by atoms with Gasteiger partial charge in [0.25, 0.3) is 0 Å². The summed E-state index contributed by atoms with van der Waals surface area (Å²) in [5.41, 5.74) is 4.46. The Kier molecular flexibility index (Phi) is 5.35. The van der Waals surface area contributed by atoms with E-state index in [9.17, 15) is 9.90 Å². The summed E-state index contributed by atoms with van der Waals surface area (Å²) in [6.07, 6.45) is 0.576. The Morgan fingerprint density at radius 1 is 1.07 bits per heavy atom. The normalized spacial score (nSPS) is 15.6. The fraction of sp³-hybridized carbons (Fsp3) is 0.333. The molecule has 1 unspecified atom stereocenters. The van der Waals surface area contributed by atoms with Gasteiger partial charge in [-0.3, -0.25) is 9.79 Å². The van der Waals surface area contributed by atoms with Gasteiger partial charge in [0.1, 0.15) is 11.7 Å². The number of hydrogen-bond acceptors (Lipinski definition) is 5. The van der Waals surface area contributed by atoms with Crippen molar-refractivity contribution in [3.8, 4) is 17.2 Å². The third-order valence-corrected chi connectivity index (χ3v) is 4.72. The van der Waals surface area contributed by atoms with Crippen molar-refractivity contribution in [3.05, 3.63) is 52.6 Å². The van der Waals surface area contributed by atoms with Crippen LogP contribution in [-0.2, 0) is 11.2 Å². The lowest BCUT2D eigenvalue weighted by atomic mass is 9.86. The molecule has 1 aliphatic heterocycles. The lowest BCUT2D eigenvalue weighted by Gasteiger charge is -2.24. The van der Waals surface area contributed by atoms with E-state index in [1.165, 1.54) is 7.11 Å². The number of ether oxygens (including phenoxy) is 3. The molecule has 2 aromatic rings. The van der Waals surface area contributed by atoms with Crippen LogP contribution in [0.4, 0.5) is 0 Å². The average molecular weight is 369 g/mol. The summed E-state index contributed by atoms with van der Waals surface area (Å²) < 4.78 is 16.1. The van der Waals surface area contributed by atoms with Gasteiger partial charge in [0.05, 0.1) is 27.9 Å². The molecule has 0 radical (unpaired) electrons. The molecule has 1 aliphatic rings. The number of rotatable bonds is 6. The van der Waals surface area contributed by atoms with Crippen molar-refractivity contribution in [1.29, 1.82) is 0 Å². The van der Waals surface area contributed by atoms with Crippen LogP contribution in [0.15, 0.2) is 35.3 Å². The molecule has 27 heavy (non-hydrogen) atoms. The summed E-state index contributed by atoms with van der Waals surface area (Å²) in [6, 6.07) is 9.58. The van der Waals surface area contributed by atoms with Gasteiger partial charge in [-0.15, -0.1) is 0 Å². The molecule has 0 amide bonds. The maximum absolute atomic E-state index is 11.7. The molecule has 0 saturated carbocycles. The largest absolute Gasteiger partial charge is 0.497 e. The summed E-state index contributed by atoms with van der Waals surface area (Å²) in [4.78, 5) is 16.3. The van der Waals surface area contributed by atoms with Gasteiger partial charge < -0.3 is 19.3 Å². The van der Waals surface area contributed by atoms with Crippen LogP contribution >= 0.6 is 0 Å². The number of hydrogen-bond donors (Lipinski definition) is 1. The van der Waals surface area contributed by atoms with E-state index in [2.05, 4.69) is 11.1 Å². The highest BCUT2D eigenvalue weighted by Gasteiger charge is 2.30. The van der Waals surface area contributed by atoms with Crippen LogP contribution < -0.4 is 14.2 Å². The second kappa shape index (κ2) is 7.70. The minimum Gasteiger partial charge on any atom is -0.497 e. The molecule has 1 heterocycles. The van der Waals surface area contributed by atoms with Crippen molar-refractivity contribution in [2.75, 3.05) is 27.9 Å². The Bertz CT molecular complexity index is 904. The number of aryl methyl sites for hydroxylation is 1. The van der Waals surface area contributed by atoms with E-state index >= 15 is 0 Å². The van der Waals surface area contributed by atoms with Crippen LogP contribution in [0.3, 0.4) is 0 Å². The fourth-order valence-corrected chi connectivity index (χ4v) is 3.42. The number of carbonyl (C=O) groups is 1. The fourth-order valence-electron chi connectivity index (χ4n) is 3.42. The molecule has 1 N–H and O–H groups in total. The van der Waals surface area contributed by atoms with Crippen molar-refractivity contribution in [2.45, 2.75) is 19.3 Å². The predicted molar refractivity (Wildman–Crippen MR) is 103 cm³/mol. The average Bonchev–Trinajstić information content (AvgIpc) is 2.66. The molecule has 0 fully saturated rings. The van der Waals surface area contributed by atoms with Crippen molar-refractivity contribution in [2.24, 2.45) is 4.99 Å². The van der Waals surface area contributed by atoms with Crippen LogP contribution in [0.5, 0.6) is 17.2 Å². The molecule has 0 aromatic heterocycles. The van der Waals surface area contributed by atoms with Crippen LogP contribution in [-0.4, -0.2) is 44.7 Å². The van der Waals surface area contributed by atoms with Gasteiger partial charge >= 0.3 is 5.97 Å². The number of nitrogens with zero attached hydrogens (tertiary/aromatic N) is 1. The molecule has 6 heteroatoms. The van der Waals surface area contributed by atoms with Gasteiger partial charge in [-0.25, -0.2) is 0 Å². The second-order valence-corrected chi connectivity index (χ2v) is 6.51. The summed E-state index contributed by atoms with van der Waals surface area (Å²) in [6.45, 7) is 2.22. The van der Waals surface area contributed by atoms with Crippen molar-refractivity contribution in [1.82, 2.24) is 0 Å². The number of aliphatic imine (C=N–C) groups is 1. The van der Waals surface area contributed by atoms with Crippen LogP contribution in [0, 0.1) is 6.92 Å². The molecule has 0 bridgehead atoms. The molecular formula is C21H23NO5. The minimum atomic E-state index is -0.900. The SMILES string of the molecule is COc1cc(C)cc(CC2=NCC(C(=O)O)c3cc(OC)c(OC)cc32)c1. The van der Waals surface area contributed by atoms with Gasteiger partial charge in [0.2, 0.25) is 0 Å². The lowest BCUT2D eigenvalue weighted by Crippen LogP contribution is -2.25. The minimum absolute atomic E-state index is 0.204. The zero-order valence-electron chi connectivity index (χ0n) is 15.9. The maximum atomic E-state index is 11.7. The summed E-state index contributed by atoms with van der Waals surface area (Å²) in [5, 5.41) is 9.60. The van der Waals surface area contributed by atoms with Crippen molar-refractivity contribution >= 4 is 11.7 Å². The molecule has 0 aliphatic carbocycles. The topological polar surface area (TPSA) is 77.4 Å². The number of fused-ring (bicyclic) bond motifs is 1. The summed E-state index contributed by atoms with van der Waals surface area (Å²) in [5.74, 6) is 0.259. The smallest absolute Gasteiger partial charge is 0.312 e. The van der Waals surface area contributed by atoms with E-state index in [1.807, 2.05) is 25.1 Å². The molecule has 3 rings (SSSR count). The van der Waals surface area contributed by atoms with E-state index in [1.54, 1.807) is 20.3 Å². The van der Waals surface area contributed by atoms with Crippen molar-refractivity contribution in [3.63, 3.8) is 0 Å². The summed E-state index contributed by atoms with van der Waals surface area (Å²) >= 11 is 0. The van der Waals surface area contributed by atoms with Crippen LogP contribution in [0.2, 0.25) is 0 Å². The first-order valence-corrected chi connectivity index (χ1v) is 8.63. The quantitative estimate of drug-likeness (QED) is 0.846. The number of aliphatic carboxylic acids is 1. The molecule has 6 nitrogen and oxygen atoms in total. The highest BCUT2D eigenvalue weighted by atomic mass is 16.5. The van der Waals surface area contributed by atoms with Gasteiger partial charge in [-0.05, 0) is 47.9 Å². The van der Waals surface area contributed by atoms with E-state index < -0.39 is 11.9 Å². The van der Waals surface area contributed by atoms with E-state index in [0.717, 1.165) is 28.2 Å². The first-order valence-electron chi connectivity index (χ1n) is 8.63. The standard InChI is InChI=1S/C21H23NO5/c1-12-5-13(7-14(6-12)25-2)8-18-16-10-20(27-4)19(26-3)9-15(16)17(11-22-18)21(23)24/h5-7,9-10,17H,8,11H2,1-4H3,(H,23,24). The zero-order valence-corrected chi connectivity index (χ0v) is 15.9. The Labute approximate surface area is 158 Å². The first-order chi connectivity index (χ1) is 13.0. The highest BCUT2D eigenvalue weighted by Crippen LogP contribution is 2.37. The molecular weight excluding hydrogens is 346 g/mol. The number of benzene rings is 2. The molecule has 142 valence electrons. The lowest BCUT2D eigenvalue weighted by molar-refractivity contribution is -0.138. The Morgan fingerprint density at radius 2 is 1.78 bits per heavy atom. The number of methoxy groups -OCH3 is 3. The van der Waals surface area contributed by atoms with E-state index in [-0.39, 0.29) is 6.54 Å². The predicted octanol–water partition coefficient (Wildman–Crippen LogP) is 3.23. The second-order valence-electron chi connectivity index (χ2n) is 6.51. The van der Waals surface area contributed by atoms with Gasteiger partial charge in [-0.1, -0.05) is 6.07 Å². The first kappa shape index (κ1) is 18.8. The maximum Gasteiger partial charge on any atom is 0.312 e. The molecule has 1 atom stereocenters. The molecule has 0 spiro atoms. The third kappa shape index (κ3) is 3.74. The van der Waals surface area contributed by atoms with Gasteiger partial charge in [-0.2, -0.15) is 0 Å².